The van der Waals surface area contributed by atoms with Gasteiger partial charge in [0.05, 0.1) is 18.7 Å². The Hall–Kier alpha value is -0.720. The molecule has 2 fully saturated rings. The fourth-order valence-electron chi connectivity index (χ4n) is 3.95. The number of rotatable bonds is 5. The molecule has 0 spiro atoms. The summed E-state index contributed by atoms with van der Waals surface area (Å²) in [4.78, 5) is 6.50. The van der Waals surface area contributed by atoms with E-state index in [-0.39, 0.29) is 28.7 Å². The van der Waals surface area contributed by atoms with E-state index < -0.39 is 17.8 Å². The molecule has 0 aromatic heterocycles. The van der Waals surface area contributed by atoms with Crippen LogP contribution in [0, 0.1) is 0 Å². The van der Waals surface area contributed by atoms with Crippen LogP contribution in [0.4, 0.5) is 13.2 Å². The highest BCUT2D eigenvalue weighted by atomic mass is 127. The smallest absolute Gasteiger partial charge is 0.381 e. The first kappa shape index (κ1) is 26.5. The summed E-state index contributed by atoms with van der Waals surface area (Å²) in [6.07, 6.45) is -2.81. The number of hydrogen-bond donors (Lipinski definition) is 1. The number of hydrogen-bond acceptors (Lipinski definition) is 4. The predicted molar refractivity (Wildman–Crippen MR) is 129 cm³/mol. The van der Waals surface area contributed by atoms with Gasteiger partial charge < -0.3 is 19.7 Å². The molecular formula is C21H31F3IN3O2S. The maximum absolute atomic E-state index is 13.1. The average Bonchev–Trinajstić information content (AvgIpc) is 2.75. The zero-order chi connectivity index (χ0) is 21.6. The summed E-state index contributed by atoms with van der Waals surface area (Å²) in [5.74, 6) is 1.80. The Labute approximate surface area is 203 Å². The summed E-state index contributed by atoms with van der Waals surface area (Å²) in [5, 5.41) is 3.51. The van der Waals surface area contributed by atoms with Crippen LogP contribution in [-0.2, 0) is 15.7 Å². The minimum atomic E-state index is -4.36. The van der Waals surface area contributed by atoms with Gasteiger partial charge in [-0.15, -0.1) is 24.0 Å². The first-order valence-corrected chi connectivity index (χ1v) is 11.3. The molecule has 0 aliphatic carbocycles. The minimum absolute atomic E-state index is 0. The number of thioether (sulfide) groups is 1. The van der Waals surface area contributed by atoms with E-state index in [0.717, 1.165) is 50.4 Å². The van der Waals surface area contributed by atoms with E-state index in [1.165, 1.54) is 12.1 Å². The molecule has 0 amide bonds. The number of guanidine groups is 1. The molecule has 0 bridgehead atoms. The molecular weight excluding hydrogens is 542 g/mol. The summed E-state index contributed by atoms with van der Waals surface area (Å²) in [5.41, 5.74) is -0.117. The van der Waals surface area contributed by atoms with E-state index in [0.29, 0.717) is 25.3 Å². The lowest BCUT2D eigenvalue weighted by atomic mass is 9.99. The molecule has 0 saturated carbocycles. The zero-order valence-electron chi connectivity index (χ0n) is 17.9. The summed E-state index contributed by atoms with van der Waals surface area (Å²) >= 11 is 1.95. The maximum Gasteiger partial charge on any atom is 0.416 e. The first-order valence-electron chi connectivity index (χ1n) is 10.3. The summed E-state index contributed by atoms with van der Waals surface area (Å²) in [6.45, 7) is 6.02. The van der Waals surface area contributed by atoms with Crippen molar-refractivity contribution in [2.75, 3.05) is 52.3 Å². The Kier molecular flexibility index (Phi) is 10.2. The SMILES string of the molecule is CCSC1(CNC(=NC)N2CCOC(c3cccc(C(F)(F)F)c3)C2)CCOCC1.I. The van der Waals surface area contributed by atoms with Crippen molar-refractivity contribution in [2.45, 2.75) is 36.8 Å². The Balaban J connectivity index is 0.00000341. The van der Waals surface area contributed by atoms with Crippen LogP contribution in [0.2, 0.25) is 0 Å². The molecule has 1 atom stereocenters. The van der Waals surface area contributed by atoms with Crippen molar-refractivity contribution >= 4 is 41.7 Å². The second-order valence-corrected chi connectivity index (χ2v) is 9.29. The predicted octanol–water partition coefficient (Wildman–Crippen LogP) is 4.57. The number of ether oxygens (including phenoxy) is 2. The van der Waals surface area contributed by atoms with Crippen LogP contribution in [-0.4, -0.2) is 67.9 Å². The molecule has 5 nitrogen and oxygen atoms in total. The minimum Gasteiger partial charge on any atom is -0.381 e. The third-order valence-electron chi connectivity index (χ3n) is 5.59. The molecule has 2 heterocycles. The van der Waals surface area contributed by atoms with E-state index in [1.807, 2.05) is 11.8 Å². The van der Waals surface area contributed by atoms with Gasteiger partial charge in [-0.3, -0.25) is 4.99 Å². The standard InChI is InChI=1S/C21H30F3N3O2S.HI/c1-3-30-20(7-10-28-11-8-20)15-26-19(25-2)27-9-12-29-18(14-27)16-5-4-6-17(13-16)21(22,23)24;/h4-6,13,18H,3,7-12,14-15H2,1-2H3,(H,25,26);1H. The lowest BCUT2D eigenvalue weighted by Crippen LogP contribution is -2.52. The Morgan fingerprint density at radius 3 is 2.68 bits per heavy atom. The van der Waals surface area contributed by atoms with Crippen LogP contribution in [0.1, 0.15) is 37.0 Å². The molecule has 1 aromatic carbocycles. The molecule has 2 saturated heterocycles. The van der Waals surface area contributed by atoms with Crippen LogP contribution in [0.3, 0.4) is 0 Å². The second-order valence-electron chi connectivity index (χ2n) is 7.56. The lowest BCUT2D eigenvalue weighted by Gasteiger charge is -2.39. The number of aliphatic imine (C=N–C) groups is 1. The Morgan fingerprint density at radius 2 is 2.03 bits per heavy atom. The third kappa shape index (κ3) is 7.13. The van der Waals surface area contributed by atoms with E-state index in [9.17, 15) is 13.2 Å². The summed E-state index contributed by atoms with van der Waals surface area (Å²) < 4.78 is 50.7. The fourth-order valence-corrected chi connectivity index (χ4v) is 5.19. The first-order chi connectivity index (χ1) is 14.4. The highest BCUT2D eigenvalue weighted by molar-refractivity contribution is 14.0. The van der Waals surface area contributed by atoms with Gasteiger partial charge in [-0.05, 0) is 36.3 Å². The fraction of sp³-hybridized carbons (Fsp3) is 0.667. The van der Waals surface area contributed by atoms with Crippen LogP contribution in [0.25, 0.3) is 0 Å². The number of halogens is 4. The molecule has 1 N–H and O–H groups in total. The topological polar surface area (TPSA) is 46.1 Å². The van der Waals surface area contributed by atoms with Gasteiger partial charge >= 0.3 is 6.18 Å². The molecule has 1 unspecified atom stereocenters. The van der Waals surface area contributed by atoms with E-state index in [2.05, 4.69) is 22.1 Å². The summed E-state index contributed by atoms with van der Waals surface area (Å²) in [6, 6.07) is 5.39. The number of nitrogens with one attached hydrogen (secondary N) is 1. The van der Waals surface area contributed by atoms with Gasteiger partial charge in [-0.1, -0.05) is 19.1 Å². The number of morpholine rings is 1. The highest BCUT2D eigenvalue weighted by Crippen LogP contribution is 2.35. The van der Waals surface area contributed by atoms with E-state index in [4.69, 9.17) is 9.47 Å². The zero-order valence-corrected chi connectivity index (χ0v) is 21.1. The number of nitrogens with zero attached hydrogens (tertiary/aromatic N) is 2. The van der Waals surface area contributed by atoms with Crippen molar-refractivity contribution in [3.63, 3.8) is 0 Å². The third-order valence-corrected chi connectivity index (χ3v) is 7.04. The van der Waals surface area contributed by atoms with Crippen molar-refractivity contribution in [2.24, 2.45) is 4.99 Å². The maximum atomic E-state index is 13.1. The van der Waals surface area contributed by atoms with Crippen LogP contribution >= 0.6 is 35.7 Å². The van der Waals surface area contributed by atoms with Crippen LogP contribution in [0.15, 0.2) is 29.3 Å². The largest absolute Gasteiger partial charge is 0.416 e. The van der Waals surface area contributed by atoms with Gasteiger partial charge in [-0.2, -0.15) is 24.9 Å². The van der Waals surface area contributed by atoms with Gasteiger partial charge in [0.25, 0.3) is 0 Å². The van der Waals surface area contributed by atoms with Gasteiger partial charge in [0, 0.05) is 38.1 Å². The van der Waals surface area contributed by atoms with Crippen molar-refractivity contribution in [1.29, 1.82) is 0 Å². The van der Waals surface area contributed by atoms with Crippen LogP contribution < -0.4 is 5.32 Å². The molecule has 1 aromatic rings. The van der Waals surface area contributed by atoms with E-state index in [1.54, 1.807) is 13.1 Å². The van der Waals surface area contributed by atoms with Gasteiger partial charge in [0.15, 0.2) is 5.96 Å². The van der Waals surface area contributed by atoms with Gasteiger partial charge in [0.2, 0.25) is 0 Å². The van der Waals surface area contributed by atoms with E-state index >= 15 is 0 Å². The molecule has 2 aliphatic heterocycles. The monoisotopic (exact) mass is 573 g/mol. The van der Waals surface area contributed by atoms with Crippen molar-refractivity contribution in [3.8, 4) is 0 Å². The van der Waals surface area contributed by atoms with Crippen LogP contribution in [0.5, 0.6) is 0 Å². The number of benzene rings is 1. The molecule has 31 heavy (non-hydrogen) atoms. The van der Waals surface area contributed by atoms with Gasteiger partial charge in [-0.25, -0.2) is 0 Å². The average molecular weight is 573 g/mol. The van der Waals surface area contributed by atoms with Crippen molar-refractivity contribution < 1.29 is 22.6 Å². The Morgan fingerprint density at radius 1 is 1.29 bits per heavy atom. The Bertz CT molecular complexity index is 725. The molecule has 2 aliphatic rings. The molecule has 176 valence electrons. The lowest BCUT2D eigenvalue weighted by molar-refractivity contribution is -0.137. The quantitative estimate of drug-likeness (QED) is 0.318. The van der Waals surface area contributed by atoms with Crippen molar-refractivity contribution in [1.82, 2.24) is 10.2 Å². The molecule has 3 rings (SSSR count). The number of alkyl halides is 3. The normalized spacial score (nSPS) is 22.0. The second kappa shape index (κ2) is 11.9. The highest BCUT2D eigenvalue weighted by Gasteiger charge is 2.34. The van der Waals surface area contributed by atoms with Crippen molar-refractivity contribution in [3.05, 3.63) is 35.4 Å². The molecule has 0 radical (unpaired) electrons. The summed E-state index contributed by atoms with van der Waals surface area (Å²) in [7, 11) is 1.74. The molecule has 10 heteroatoms. The van der Waals surface area contributed by atoms with Gasteiger partial charge in [0.1, 0.15) is 6.10 Å².